The first kappa shape index (κ1) is 16.5. The van der Waals surface area contributed by atoms with Crippen LogP contribution in [0.1, 0.15) is 40.5 Å². The van der Waals surface area contributed by atoms with Gasteiger partial charge in [-0.15, -0.1) is 0 Å². The number of esters is 1. The largest absolute Gasteiger partial charge is 0.462 e. The van der Waals surface area contributed by atoms with E-state index in [1.807, 2.05) is 27.7 Å². The quantitative estimate of drug-likeness (QED) is 0.236. The Bertz CT molecular complexity index is 402. The van der Waals surface area contributed by atoms with Crippen molar-refractivity contribution in [3.05, 3.63) is 10.4 Å². The van der Waals surface area contributed by atoms with E-state index < -0.39 is 12.1 Å². The van der Waals surface area contributed by atoms with Crippen molar-refractivity contribution in [1.29, 1.82) is 0 Å². The Morgan fingerprint density at radius 3 is 2.50 bits per heavy atom. The number of azide groups is 1. The van der Waals surface area contributed by atoms with Gasteiger partial charge in [-0.05, 0) is 30.2 Å². The zero-order valence-corrected chi connectivity index (χ0v) is 12.5. The van der Waals surface area contributed by atoms with Crippen molar-refractivity contribution in [2.24, 2.45) is 28.8 Å². The van der Waals surface area contributed by atoms with Crippen molar-refractivity contribution in [2.45, 2.75) is 52.7 Å². The zero-order valence-electron chi connectivity index (χ0n) is 12.5. The molecule has 6 nitrogen and oxygen atoms in total. The van der Waals surface area contributed by atoms with Crippen LogP contribution in [0, 0.1) is 23.7 Å². The Balaban J connectivity index is 2.80. The van der Waals surface area contributed by atoms with Gasteiger partial charge < -0.3 is 9.53 Å². The lowest BCUT2D eigenvalue weighted by atomic mass is 9.86. The van der Waals surface area contributed by atoms with Gasteiger partial charge in [0.1, 0.15) is 12.4 Å². The number of ether oxygens (including phenoxy) is 1. The van der Waals surface area contributed by atoms with Gasteiger partial charge in [0.05, 0.1) is 12.0 Å². The van der Waals surface area contributed by atoms with Crippen LogP contribution >= 0.6 is 0 Å². The van der Waals surface area contributed by atoms with E-state index in [1.54, 1.807) is 0 Å². The van der Waals surface area contributed by atoms with Crippen molar-refractivity contribution in [1.82, 2.24) is 0 Å². The Morgan fingerprint density at radius 2 is 2.10 bits per heavy atom. The second kappa shape index (κ2) is 7.29. The molecule has 6 heteroatoms. The third kappa shape index (κ3) is 3.97. The zero-order chi connectivity index (χ0) is 15.3. The van der Waals surface area contributed by atoms with E-state index in [0.29, 0.717) is 12.8 Å². The van der Waals surface area contributed by atoms with Crippen molar-refractivity contribution >= 4 is 12.3 Å². The van der Waals surface area contributed by atoms with Crippen LogP contribution in [0.4, 0.5) is 0 Å². The Kier molecular flexibility index (Phi) is 6.02. The molecule has 1 aliphatic heterocycles. The van der Waals surface area contributed by atoms with Crippen LogP contribution < -0.4 is 0 Å². The normalized spacial score (nSPS) is 25.2. The average molecular weight is 281 g/mol. The summed E-state index contributed by atoms with van der Waals surface area (Å²) >= 11 is 0. The summed E-state index contributed by atoms with van der Waals surface area (Å²) in [4.78, 5) is 25.7. The summed E-state index contributed by atoms with van der Waals surface area (Å²) in [5, 5.41) is 3.75. The van der Waals surface area contributed by atoms with Crippen LogP contribution in [0.25, 0.3) is 10.4 Å². The van der Waals surface area contributed by atoms with Crippen molar-refractivity contribution in [3.63, 3.8) is 0 Å². The molecule has 1 heterocycles. The van der Waals surface area contributed by atoms with Crippen LogP contribution in [0.5, 0.6) is 0 Å². The molecule has 1 fully saturated rings. The molecule has 0 radical (unpaired) electrons. The first-order valence-electron chi connectivity index (χ1n) is 7.10. The van der Waals surface area contributed by atoms with Gasteiger partial charge >= 0.3 is 5.97 Å². The highest BCUT2D eigenvalue weighted by Crippen LogP contribution is 2.32. The lowest BCUT2D eigenvalue weighted by Gasteiger charge is -2.22. The smallest absolute Gasteiger partial charge is 0.309 e. The molecule has 1 unspecified atom stereocenters. The number of aldehydes is 1. The fourth-order valence-corrected chi connectivity index (χ4v) is 2.51. The molecule has 0 spiro atoms. The molecule has 0 aromatic rings. The SMILES string of the molecule is CC(C)[C@@H]1C[C@@H](C(C[C@H](C=O)C(C)C)N=[N+]=[N-])OC1=O. The monoisotopic (exact) mass is 281 g/mol. The maximum Gasteiger partial charge on any atom is 0.309 e. The predicted molar refractivity (Wildman–Crippen MR) is 74.8 cm³/mol. The van der Waals surface area contributed by atoms with Gasteiger partial charge in [0.15, 0.2) is 0 Å². The number of hydrogen-bond acceptors (Lipinski definition) is 4. The van der Waals surface area contributed by atoms with Crippen LogP contribution in [-0.4, -0.2) is 24.4 Å². The van der Waals surface area contributed by atoms with Crippen LogP contribution in [-0.2, 0) is 14.3 Å². The molecule has 0 aromatic carbocycles. The summed E-state index contributed by atoms with van der Waals surface area (Å²) in [6.07, 6.45) is 1.46. The number of cyclic esters (lactones) is 1. The highest BCUT2D eigenvalue weighted by atomic mass is 16.6. The molecule has 20 heavy (non-hydrogen) atoms. The van der Waals surface area contributed by atoms with Crippen molar-refractivity contribution < 1.29 is 14.3 Å². The number of hydrogen-bond donors (Lipinski definition) is 0. The van der Waals surface area contributed by atoms with E-state index in [2.05, 4.69) is 10.0 Å². The second-order valence-electron chi connectivity index (χ2n) is 6.11. The van der Waals surface area contributed by atoms with Crippen LogP contribution in [0.15, 0.2) is 5.11 Å². The minimum atomic E-state index is -0.467. The van der Waals surface area contributed by atoms with Gasteiger partial charge in [-0.3, -0.25) is 4.79 Å². The molecule has 0 aliphatic carbocycles. The van der Waals surface area contributed by atoms with E-state index in [9.17, 15) is 9.59 Å². The summed E-state index contributed by atoms with van der Waals surface area (Å²) in [7, 11) is 0. The molecule has 0 saturated carbocycles. The fourth-order valence-electron chi connectivity index (χ4n) is 2.51. The van der Waals surface area contributed by atoms with Gasteiger partial charge in [-0.2, -0.15) is 0 Å². The summed E-state index contributed by atoms with van der Waals surface area (Å²) in [5.41, 5.74) is 8.69. The highest BCUT2D eigenvalue weighted by molar-refractivity contribution is 5.75. The van der Waals surface area contributed by atoms with E-state index in [4.69, 9.17) is 10.3 Å². The molecule has 0 aromatic heterocycles. The second-order valence-corrected chi connectivity index (χ2v) is 6.11. The third-order valence-corrected chi connectivity index (χ3v) is 4.04. The van der Waals surface area contributed by atoms with E-state index in [-0.39, 0.29) is 29.6 Å². The molecule has 0 N–H and O–H groups in total. The van der Waals surface area contributed by atoms with Crippen LogP contribution in [0.2, 0.25) is 0 Å². The minimum absolute atomic E-state index is 0.148. The molecule has 112 valence electrons. The van der Waals surface area contributed by atoms with Crippen molar-refractivity contribution in [2.75, 3.05) is 0 Å². The first-order valence-corrected chi connectivity index (χ1v) is 7.10. The summed E-state index contributed by atoms with van der Waals surface area (Å²) in [6, 6.07) is -0.467. The summed E-state index contributed by atoms with van der Waals surface area (Å²) in [5.74, 6) is -0.198. The Morgan fingerprint density at radius 1 is 1.45 bits per heavy atom. The molecule has 0 amide bonds. The predicted octanol–water partition coefficient (Wildman–Crippen LogP) is 3.11. The highest BCUT2D eigenvalue weighted by Gasteiger charge is 2.40. The number of carbonyl (C=O) groups excluding carboxylic acids is 2. The number of nitrogens with zero attached hydrogens (tertiary/aromatic N) is 3. The molecule has 1 aliphatic rings. The van der Waals surface area contributed by atoms with Crippen molar-refractivity contribution in [3.8, 4) is 0 Å². The van der Waals surface area contributed by atoms with Gasteiger partial charge in [0.2, 0.25) is 0 Å². The molecule has 4 atom stereocenters. The van der Waals surface area contributed by atoms with Crippen LogP contribution in [0.3, 0.4) is 0 Å². The third-order valence-electron chi connectivity index (χ3n) is 4.04. The Hall–Kier alpha value is -1.55. The lowest BCUT2D eigenvalue weighted by Crippen LogP contribution is -2.28. The van der Waals surface area contributed by atoms with Gasteiger partial charge in [0, 0.05) is 10.8 Å². The number of rotatable bonds is 7. The minimum Gasteiger partial charge on any atom is -0.462 e. The Labute approximate surface area is 119 Å². The number of carbonyl (C=O) groups is 2. The molecule has 1 saturated heterocycles. The van der Waals surface area contributed by atoms with Gasteiger partial charge in [-0.1, -0.05) is 32.8 Å². The average Bonchev–Trinajstić information content (AvgIpc) is 2.76. The van der Waals surface area contributed by atoms with Gasteiger partial charge in [-0.25, -0.2) is 0 Å². The van der Waals surface area contributed by atoms with E-state index in [0.717, 1.165) is 6.29 Å². The molecule has 1 rings (SSSR count). The standard InChI is InChI=1S/C14H23N3O3/c1-8(2)10(7-18)5-12(16-17-15)13-6-11(9(3)4)14(19)20-13/h7-13H,5-6H2,1-4H3/t10-,11+,12?,13+/m1/s1. The van der Waals surface area contributed by atoms with E-state index >= 15 is 0 Å². The maximum atomic E-state index is 11.8. The molecule has 0 bridgehead atoms. The maximum absolute atomic E-state index is 11.8. The summed E-state index contributed by atoms with van der Waals surface area (Å²) in [6.45, 7) is 7.84. The molecular weight excluding hydrogens is 258 g/mol. The van der Waals surface area contributed by atoms with E-state index in [1.165, 1.54) is 0 Å². The molecular formula is C14H23N3O3. The topological polar surface area (TPSA) is 92.1 Å². The van der Waals surface area contributed by atoms with Gasteiger partial charge in [0.25, 0.3) is 0 Å². The lowest BCUT2D eigenvalue weighted by molar-refractivity contribution is -0.145. The fraction of sp³-hybridized carbons (Fsp3) is 0.857. The summed E-state index contributed by atoms with van der Waals surface area (Å²) < 4.78 is 5.36. The first-order chi connectivity index (χ1) is 9.40.